The second kappa shape index (κ2) is 9.61. The van der Waals surface area contributed by atoms with E-state index >= 15 is 0 Å². The molecule has 7 nitrogen and oxygen atoms in total. The van der Waals surface area contributed by atoms with Gasteiger partial charge in [0.05, 0.1) is 10.6 Å². The van der Waals surface area contributed by atoms with Crippen molar-refractivity contribution in [2.24, 2.45) is 0 Å². The minimum atomic E-state index is -3.74. The number of sulfonamides is 1. The second-order valence-corrected chi connectivity index (χ2v) is 8.87. The lowest BCUT2D eigenvalue weighted by molar-refractivity contribution is 0.0936. The van der Waals surface area contributed by atoms with Gasteiger partial charge in [0.15, 0.2) is 0 Å². The fourth-order valence-corrected chi connectivity index (χ4v) is 3.76. The second-order valence-electron chi connectivity index (χ2n) is 7.19. The summed E-state index contributed by atoms with van der Waals surface area (Å²) in [6.45, 7) is 5.78. The zero-order chi connectivity index (χ0) is 22.4. The number of benzene rings is 2. The molecule has 2 aromatic carbocycles. The minimum absolute atomic E-state index is 0.0139. The summed E-state index contributed by atoms with van der Waals surface area (Å²) in [5.74, 6) is 0.205. The SMILES string of the molecule is CC[C@@H](C)NC(=O)c1cccnc1Oc1cccc(NS(=O)(=O)c2ccc(C)cc2)c1. The number of carbonyl (C=O) groups excluding carboxylic acids is 1. The van der Waals surface area contributed by atoms with Gasteiger partial charge in [0.2, 0.25) is 5.88 Å². The maximum absolute atomic E-state index is 12.6. The van der Waals surface area contributed by atoms with Gasteiger partial charge < -0.3 is 10.1 Å². The van der Waals surface area contributed by atoms with E-state index in [4.69, 9.17) is 4.74 Å². The third-order valence-electron chi connectivity index (χ3n) is 4.64. The molecule has 1 aromatic heterocycles. The number of hydrogen-bond donors (Lipinski definition) is 2. The average molecular weight is 440 g/mol. The lowest BCUT2D eigenvalue weighted by Crippen LogP contribution is -2.32. The fraction of sp³-hybridized carbons (Fsp3) is 0.217. The van der Waals surface area contributed by atoms with Gasteiger partial charge in [0, 0.05) is 18.3 Å². The topological polar surface area (TPSA) is 97.4 Å². The largest absolute Gasteiger partial charge is 0.438 e. The standard InChI is InChI=1S/C23H25N3O4S/c1-4-17(3)25-22(27)21-9-6-14-24-23(21)30-19-8-5-7-18(15-19)26-31(28,29)20-12-10-16(2)11-13-20/h5-15,17,26H,4H2,1-3H3,(H,25,27)/t17-/m1/s1. The summed E-state index contributed by atoms with van der Waals surface area (Å²) in [4.78, 5) is 16.9. The molecule has 3 aromatic rings. The molecule has 0 unspecified atom stereocenters. The first-order valence-electron chi connectivity index (χ1n) is 9.92. The van der Waals surface area contributed by atoms with E-state index in [2.05, 4.69) is 15.0 Å². The van der Waals surface area contributed by atoms with E-state index in [1.165, 1.54) is 12.3 Å². The molecular weight excluding hydrogens is 414 g/mol. The number of nitrogens with zero attached hydrogens (tertiary/aromatic N) is 1. The van der Waals surface area contributed by atoms with Gasteiger partial charge in [-0.2, -0.15) is 0 Å². The van der Waals surface area contributed by atoms with Crippen LogP contribution in [0.25, 0.3) is 0 Å². The Bertz CT molecular complexity index is 1160. The van der Waals surface area contributed by atoms with E-state index in [1.54, 1.807) is 54.6 Å². The molecule has 0 aliphatic carbocycles. The Labute approximate surface area is 182 Å². The number of nitrogens with one attached hydrogen (secondary N) is 2. The van der Waals surface area contributed by atoms with Crippen LogP contribution in [-0.4, -0.2) is 25.4 Å². The van der Waals surface area contributed by atoms with Crippen LogP contribution in [0.4, 0.5) is 5.69 Å². The Morgan fingerprint density at radius 1 is 1.10 bits per heavy atom. The van der Waals surface area contributed by atoms with E-state index in [0.29, 0.717) is 17.0 Å². The molecule has 31 heavy (non-hydrogen) atoms. The van der Waals surface area contributed by atoms with Gasteiger partial charge in [-0.15, -0.1) is 0 Å². The van der Waals surface area contributed by atoms with Gasteiger partial charge in [0.1, 0.15) is 11.3 Å². The number of pyridine rings is 1. The summed E-state index contributed by atoms with van der Waals surface area (Å²) in [6.07, 6.45) is 2.32. The number of ether oxygens (including phenoxy) is 1. The molecule has 0 aliphatic heterocycles. The highest BCUT2D eigenvalue weighted by molar-refractivity contribution is 7.92. The molecule has 2 N–H and O–H groups in total. The first-order chi connectivity index (χ1) is 14.8. The molecular formula is C23H25N3O4S. The van der Waals surface area contributed by atoms with Crippen LogP contribution in [0.5, 0.6) is 11.6 Å². The molecule has 0 fully saturated rings. The van der Waals surface area contributed by atoms with E-state index in [0.717, 1.165) is 12.0 Å². The van der Waals surface area contributed by atoms with E-state index < -0.39 is 10.0 Å². The van der Waals surface area contributed by atoms with E-state index in [1.807, 2.05) is 20.8 Å². The van der Waals surface area contributed by atoms with Gasteiger partial charge >= 0.3 is 0 Å². The number of carbonyl (C=O) groups is 1. The number of amides is 1. The Morgan fingerprint density at radius 2 is 1.84 bits per heavy atom. The molecule has 1 amide bonds. The average Bonchev–Trinajstić information content (AvgIpc) is 2.74. The number of anilines is 1. The third-order valence-corrected chi connectivity index (χ3v) is 6.03. The van der Waals surface area contributed by atoms with Crippen molar-refractivity contribution >= 4 is 21.6 Å². The van der Waals surface area contributed by atoms with Gasteiger partial charge in [0.25, 0.3) is 15.9 Å². The molecule has 0 saturated carbocycles. The van der Waals surface area contributed by atoms with Gasteiger partial charge in [-0.1, -0.05) is 30.7 Å². The van der Waals surface area contributed by atoms with Crippen LogP contribution in [0.1, 0.15) is 36.2 Å². The van der Waals surface area contributed by atoms with E-state index in [-0.39, 0.29) is 22.7 Å². The summed E-state index contributed by atoms with van der Waals surface area (Å²) >= 11 is 0. The number of aromatic nitrogens is 1. The van der Waals surface area contributed by atoms with Crippen molar-refractivity contribution in [3.63, 3.8) is 0 Å². The molecule has 0 spiro atoms. The number of rotatable bonds is 8. The highest BCUT2D eigenvalue weighted by Crippen LogP contribution is 2.26. The van der Waals surface area contributed by atoms with Gasteiger partial charge in [-0.3, -0.25) is 9.52 Å². The van der Waals surface area contributed by atoms with Crippen molar-refractivity contribution < 1.29 is 17.9 Å². The number of aryl methyl sites for hydroxylation is 1. The molecule has 162 valence electrons. The Morgan fingerprint density at radius 3 is 2.55 bits per heavy atom. The first-order valence-corrected chi connectivity index (χ1v) is 11.4. The first kappa shape index (κ1) is 22.3. The van der Waals surface area contributed by atoms with Crippen molar-refractivity contribution in [3.8, 4) is 11.6 Å². The van der Waals surface area contributed by atoms with Crippen LogP contribution < -0.4 is 14.8 Å². The minimum Gasteiger partial charge on any atom is -0.438 e. The highest BCUT2D eigenvalue weighted by Gasteiger charge is 2.17. The maximum Gasteiger partial charge on any atom is 0.261 e. The van der Waals surface area contributed by atoms with Crippen LogP contribution in [0.2, 0.25) is 0 Å². The monoisotopic (exact) mass is 439 g/mol. The van der Waals surface area contributed by atoms with Crippen LogP contribution in [0.3, 0.4) is 0 Å². The van der Waals surface area contributed by atoms with E-state index in [9.17, 15) is 13.2 Å². The predicted molar refractivity (Wildman–Crippen MR) is 120 cm³/mol. The maximum atomic E-state index is 12.6. The quantitative estimate of drug-likeness (QED) is 0.538. The van der Waals surface area contributed by atoms with Crippen molar-refractivity contribution in [2.45, 2.75) is 38.1 Å². The summed E-state index contributed by atoms with van der Waals surface area (Å²) in [5.41, 5.74) is 1.60. The Hall–Kier alpha value is -3.39. The van der Waals surface area contributed by atoms with Crippen LogP contribution in [0.15, 0.2) is 71.8 Å². The van der Waals surface area contributed by atoms with Crippen molar-refractivity contribution in [2.75, 3.05) is 4.72 Å². The summed E-state index contributed by atoms with van der Waals surface area (Å²) in [6, 6.07) is 16.3. The highest BCUT2D eigenvalue weighted by atomic mass is 32.2. The molecule has 3 rings (SSSR count). The van der Waals surface area contributed by atoms with Crippen molar-refractivity contribution in [1.29, 1.82) is 0 Å². The van der Waals surface area contributed by atoms with Gasteiger partial charge in [-0.25, -0.2) is 13.4 Å². The molecule has 0 bridgehead atoms. The third kappa shape index (κ3) is 5.82. The summed E-state index contributed by atoms with van der Waals surface area (Å²) in [7, 11) is -3.74. The summed E-state index contributed by atoms with van der Waals surface area (Å²) in [5, 5.41) is 2.89. The molecule has 8 heteroatoms. The predicted octanol–water partition coefficient (Wildman–Crippen LogP) is 4.51. The fourth-order valence-electron chi connectivity index (χ4n) is 2.71. The number of hydrogen-bond acceptors (Lipinski definition) is 5. The zero-order valence-electron chi connectivity index (χ0n) is 17.6. The van der Waals surface area contributed by atoms with Crippen LogP contribution in [-0.2, 0) is 10.0 Å². The molecule has 0 saturated heterocycles. The smallest absolute Gasteiger partial charge is 0.261 e. The Kier molecular flexibility index (Phi) is 6.91. The van der Waals surface area contributed by atoms with Gasteiger partial charge in [-0.05, 0) is 56.7 Å². The molecule has 0 radical (unpaired) electrons. The molecule has 1 atom stereocenters. The van der Waals surface area contributed by atoms with Crippen LogP contribution >= 0.6 is 0 Å². The molecule has 0 aliphatic rings. The zero-order valence-corrected chi connectivity index (χ0v) is 18.4. The van der Waals surface area contributed by atoms with Crippen LogP contribution in [0, 0.1) is 6.92 Å². The van der Waals surface area contributed by atoms with Crippen molar-refractivity contribution in [3.05, 3.63) is 78.0 Å². The molecule has 1 heterocycles. The lowest BCUT2D eigenvalue weighted by atomic mass is 10.2. The Balaban J connectivity index is 1.80. The van der Waals surface area contributed by atoms with Crippen molar-refractivity contribution in [1.82, 2.24) is 10.3 Å². The normalized spacial score (nSPS) is 12.1. The lowest BCUT2D eigenvalue weighted by Gasteiger charge is -2.14. The summed E-state index contributed by atoms with van der Waals surface area (Å²) < 4.78 is 33.6.